The lowest BCUT2D eigenvalue weighted by atomic mass is 9.68. The van der Waals surface area contributed by atoms with Crippen LogP contribution in [-0.2, 0) is 10.8 Å². The summed E-state index contributed by atoms with van der Waals surface area (Å²) in [4.78, 5) is 4.94. The molecule has 2 aliphatic rings. The van der Waals surface area contributed by atoms with Crippen molar-refractivity contribution in [1.29, 1.82) is 0 Å². The van der Waals surface area contributed by atoms with E-state index < -0.39 is 10.8 Å². The number of anilines is 6. The third-order valence-corrected chi connectivity index (χ3v) is 32.8. The highest BCUT2D eigenvalue weighted by Crippen LogP contribution is 2.63. The maximum atomic E-state index is 2.47. The van der Waals surface area contributed by atoms with Crippen LogP contribution in [0.15, 0.2) is 528 Å². The Morgan fingerprint density at radius 1 is 0.179 bits per heavy atom. The van der Waals surface area contributed by atoms with Gasteiger partial charge in [-0.3, -0.25) is 0 Å². The maximum Gasteiger partial charge on any atom is 0.0714 e. The zero-order chi connectivity index (χ0) is 92.4. The van der Waals surface area contributed by atoms with Crippen molar-refractivity contribution in [3.63, 3.8) is 0 Å². The van der Waals surface area contributed by atoms with Crippen LogP contribution in [0.4, 0.5) is 34.1 Å². The van der Waals surface area contributed by atoms with Gasteiger partial charge >= 0.3 is 0 Å². The Morgan fingerprint density at radius 2 is 0.457 bits per heavy atom. The van der Waals surface area contributed by atoms with Crippen LogP contribution in [0.5, 0.6) is 0 Å². The smallest absolute Gasteiger partial charge is 0.0714 e. The van der Waals surface area contributed by atoms with Gasteiger partial charge < -0.3 is 14.4 Å². The van der Waals surface area contributed by atoms with Gasteiger partial charge in [0.1, 0.15) is 0 Å². The molecule has 6 heteroatoms. The highest BCUT2D eigenvalue weighted by Gasteiger charge is 2.49. The van der Waals surface area contributed by atoms with Gasteiger partial charge in [-0.05, 0) is 227 Å². The summed E-state index contributed by atoms with van der Waals surface area (Å²) in [5, 5.41) is 10.5. The number of rotatable bonds is 16. The number of nitrogens with zero attached hydrogens (tertiary/aromatic N) is 3. The van der Waals surface area contributed by atoms with E-state index in [1.54, 1.807) is 0 Å². The summed E-state index contributed by atoms with van der Waals surface area (Å²) in [6, 6.07) is 195. The van der Waals surface area contributed by atoms with E-state index in [0.29, 0.717) is 0 Å². The molecule has 4 aromatic heterocycles. The summed E-state index contributed by atoms with van der Waals surface area (Å²) in [6.45, 7) is 0. The molecule has 0 N–H and O–H groups in total. The third kappa shape index (κ3) is 13.4. The van der Waals surface area contributed by atoms with Gasteiger partial charge in [-0.25, -0.2) is 0 Å². The monoisotopic (exact) mass is 1830 g/mol. The van der Waals surface area contributed by atoms with E-state index in [9.17, 15) is 0 Å². The van der Waals surface area contributed by atoms with Crippen molar-refractivity contribution >= 4 is 150 Å². The van der Waals surface area contributed by atoms with E-state index in [-0.39, 0.29) is 0 Å². The molecule has 0 amide bonds. The quantitative estimate of drug-likeness (QED) is 0.0955. The number of hydrogen-bond donors (Lipinski definition) is 0. The molecular formula is C134H87N3S3. The van der Waals surface area contributed by atoms with E-state index >= 15 is 0 Å². The molecule has 26 aromatic rings. The van der Waals surface area contributed by atoms with Crippen LogP contribution in [0, 0.1) is 0 Å². The number of aromatic nitrogens is 1. The first kappa shape index (κ1) is 82.4. The minimum absolute atomic E-state index is 0.510. The summed E-state index contributed by atoms with van der Waals surface area (Å²) in [5.41, 5.74) is 36.4. The average molecular weight is 1840 g/mol. The Hall–Kier alpha value is -17.1. The molecule has 0 spiro atoms. The van der Waals surface area contributed by atoms with Crippen LogP contribution < -0.4 is 9.80 Å². The predicted octanol–water partition coefficient (Wildman–Crippen LogP) is 37.6. The van der Waals surface area contributed by atoms with Crippen molar-refractivity contribution in [2.24, 2.45) is 0 Å². The van der Waals surface area contributed by atoms with Crippen molar-refractivity contribution in [2.75, 3.05) is 9.80 Å². The fraction of sp³-hybridized carbons (Fsp3) is 0.0149. The number of thiophene rings is 3. The van der Waals surface area contributed by atoms with E-state index in [1.165, 1.54) is 205 Å². The van der Waals surface area contributed by atoms with Gasteiger partial charge in [0.05, 0.1) is 33.2 Å². The molecule has 0 fully saturated rings. The highest BCUT2D eigenvalue weighted by atomic mass is 32.1. The Labute approximate surface area is 824 Å². The first-order chi connectivity index (χ1) is 69.4. The molecule has 2 aliphatic carbocycles. The van der Waals surface area contributed by atoms with Gasteiger partial charge in [0.2, 0.25) is 0 Å². The van der Waals surface area contributed by atoms with E-state index in [0.717, 1.165) is 39.8 Å². The lowest BCUT2D eigenvalue weighted by Crippen LogP contribution is -2.28. The van der Waals surface area contributed by atoms with Crippen LogP contribution in [0.1, 0.15) is 44.5 Å². The summed E-state index contributed by atoms with van der Waals surface area (Å²) < 4.78 is 10.3. The van der Waals surface area contributed by atoms with Gasteiger partial charge in [0, 0.05) is 111 Å². The molecule has 3 nitrogen and oxygen atoms in total. The van der Waals surface area contributed by atoms with Gasteiger partial charge in [-0.15, -0.1) is 34.0 Å². The molecular weight excluding hydrogens is 1750 g/mol. The van der Waals surface area contributed by atoms with Gasteiger partial charge in [-0.2, -0.15) is 0 Å². The van der Waals surface area contributed by atoms with Crippen LogP contribution in [0.25, 0.3) is 166 Å². The van der Waals surface area contributed by atoms with Crippen molar-refractivity contribution in [3.8, 4) is 83.6 Å². The number of para-hydroxylation sites is 2. The average Bonchev–Trinajstić information content (AvgIpc) is 1.53. The largest absolute Gasteiger partial charge is 0.310 e. The lowest BCUT2D eigenvalue weighted by Gasteiger charge is -2.34. The zero-order valence-electron chi connectivity index (χ0n) is 76.3. The molecule has 28 rings (SSSR count). The zero-order valence-corrected chi connectivity index (χ0v) is 78.7. The third-order valence-electron chi connectivity index (χ3n) is 29.3. The first-order valence-electron chi connectivity index (χ1n) is 48.1. The lowest BCUT2D eigenvalue weighted by molar-refractivity contribution is 0.768. The molecule has 140 heavy (non-hydrogen) atoms. The minimum atomic E-state index is -0.513. The van der Waals surface area contributed by atoms with Crippen LogP contribution >= 0.6 is 34.0 Å². The molecule has 22 aromatic carbocycles. The van der Waals surface area contributed by atoms with Gasteiger partial charge in [-0.1, -0.05) is 413 Å². The second-order valence-electron chi connectivity index (χ2n) is 36.7. The van der Waals surface area contributed by atoms with E-state index in [4.69, 9.17) is 0 Å². The standard InChI is InChI=1S/C67H44N2S.C67H43NS2/c1-3-16-49(17-4-1)67(50-18-5-2-6-19-50)59-24-11-7-23-58(59)66-60(67)25-15-28-63(66)68(52-39-34-47(35-40-52)48-36-43-57-56-22-10-14-29-64(56)70-65(57)44-48)51-37-30-45(31-38-51)46-32-41-53(42-33-46)69-61-26-12-8-20-54(61)55-21-9-13-27-62(55)69;1-3-15-49(16-4-1)67(50-17-5-2-6-18-50)59-24-10-7-21-58(59)65-60(67)25-14-26-61(65)68(52-40-35-46(36-41-52)48-37-42-56-54-19-8-11-27-62(54)69-64(56)43-48)51-38-33-45(34-39-51)44-29-31-47(32-30-44)53-22-13-23-57-55-20-9-12-28-63(55)70-66(53)57/h1-44H;1-43H. The number of benzene rings is 22. The Kier molecular flexibility index (Phi) is 20.0. The molecule has 0 radical (unpaired) electrons. The molecule has 0 unspecified atom stereocenters. The van der Waals surface area contributed by atoms with E-state index in [2.05, 4.69) is 542 Å². The molecule has 0 bridgehead atoms. The summed E-state index contributed by atoms with van der Waals surface area (Å²) in [5.74, 6) is 0. The molecule has 4 heterocycles. The van der Waals surface area contributed by atoms with Crippen molar-refractivity contribution in [1.82, 2.24) is 4.57 Å². The van der Waals surface area contributed by atoms with Crippen molar-refractivity contribution < 1.29 is 0 Å². The maximum absolute atomic E-state index is 2.47. The molecule has 0 atom stereocenters. The SMILES string of the molecule is c1ccc(C2(c3ccccc3)c3ccccc3-c3c(N(c4ccc(-c5ccc(-c6cccc7c6sc6ccccc67)cc5)cc4)c4ccc(-c5ccc6c(c5)sc5ccccc56)cc4)cccc32)cc1.c1ccc(C2(c3ccccc3)c3ccccc3-c3c(N(c4ccc(-c5ccc(-n6c7ccccc7c7ccccc76)cc5)cc4)c4ccc(-c5ccc6c(c5)sc5ccccc56)cc4)cccc32)cc1. The van der Waals surface area contributed by atoms with Crippen LogP contribution in [0.3, 0.4) is 0 Å². The topological polar surface area (TPSA) is 11.4 Å². The van der Waals surface area contributed by atoms with Gasteiger partial charge in [0.15, 0.2) is 0 Å². The fourth-order valence-corrected chi connectivity index (χ4v) is 26.5. The first-order valence-corrected chi connectivity index (χ1v) is 50.5. The Balaban J connectivity index is 0.000000141. The van der Waals surface area contributed by atoms with Crippen LogP contribution in [0.2, 0.25) is 0 Å². The molecule has 0 saturated carbocycles. The summed E-state index contributed by atoms with van der Waals surface area (Å²) in [7, 11) is 0. The highest BCUT2D eigenvalue weighted by molar-refractivity contribution is 7.27. The second kappa shape index (κ2) is 34.0. The number of hydrogen-bond acceptors (Lipinski definition) is 5. The molecule has 0 aliphatic heterocycles. The predicted molar refractivity (Wildman–Crippen MR) is 597 cm³/mol. The number of fused-ring (bicyclic) bond motifs is 18. The Bertz CT molecular complexity index is 9120. The normalized spacial score (nSPS) is 12.7. The summed E-state index contributed by atoms with van der Waals surface area (Å²) in [6.07, 6.45) is 0. The Morgan fingerprint density at radius 3 is 0.864 bits per heavy atom. The van der Waals surface area contributed by atoms with Crippen molar-refractivity contribution in [3.05, 3.63) is 572 Å². The van der Waals surface area contributed by atoms with Gasteiger partial charge in [0.25, 0.3) is 0 Å². The van der Waals surface area contributed by atoms with Crippen LogP contribution in [-0.4, -0.2) is 4.57 Å². The second-order valence-corrected chi connectivity index (χ2v) is 39.9. The molecule has 656 valence electrons. The summed E-state index contributed by atoms with van der Waals surface area (Å²) >= 11 is 5.61. The molecule has 0 saturated heterocycles. The minimum Gasteiger partial charge on any atom is -0.310 e. The van der Waals surface area contributed by atoms with Crippen molar-refractivity contribution in [2.45, 2.75) is 10.8 Å². The van der Waals surface area contributed by atoms with E-state index in [1.807, 2.05) is 34.0 Å². The fourth-order valence-electron chi connectivity index (χ4n) is 23.0.